The second-order valence-corrected chi connectivity index (χ2v) is 6.13. The summed E-state index contributed by atoms with van der Waals surface area (Å²) in [4.78, 5) is 11.9. The van der Waals surface area contributed by atoms with Crippen molar-refractivity contribution in [1.29, 1.82) is 0 Å². The van der Waals surface area contributed by atoms with Gasteiger partial charge >= 0.3 is 5.97 Å². The van der Waals surface area contributed by atoms with Crippen LogP contribution in [0.3, 0.4) is 0 Å². The van der Waals surface area contributed by atoms with Crippen LogP contribution in [0.1, 0.15) is 22.9 Å². The summed E-state index contributed by atoms with van der Waals surface area (Å²) in [5, 5.41) is 14.1. The first kappa shape index (κ1) is 15.2. The van der Waals surface area contributed by atoms with E-state index in [0.29, 0.717) is 11.0 Å². The zero-order valence-electron chi connectivity index (χ0n) is 10.5. The first-order chi connectivity index (χ1) is 9.56. The van der Waals surface area contributed by atoms with Crippen molar-refractivity contribution in [3.63, 3.8) is 0 Å². The molecule has 1 atom stereocenters. The van der Waals surface area contributed by atoms with Gasteiger partial charge in [0.15, 0.2) is 0 Å². The molecule has 1 aromatic carbocycles. The summed E-state index contributed by atoms with van der Waals surface area (Å²) in [7, 11) is 0. The van der Waals surface area contributed by atoms with E-state index >= 15 is 0 Å². The summed E-state index contributed by atoms with van der Waals surface area (Å²) in [6.07, 6.45) is 0.0167. The SMILES string of the molecule is O=C(O)CC(NCc1ccc(F)c(Br)c1)c1cccs1. The average molecular weight is 358 g/mol. The lowest BCUT2D eigenvalue weighted by molar-refractivity contribution is -0.137. The number of hydrogen-bond donors (Lipinski definition) is 2. The van der Waals surface area contributed by atoms with Crippen molar-refractivity contribution in [3.05, 3.63) is 56.4 Å². The van der Waals surface area contributed by atoms with Crippen molar-refractivity contribution >= 4 is 33.2 Å². The van der Waals surface area contributed by atoms with E-state index in [1.807, 2.05) is 17.5 Å². The predicted molar refractivity (Wildman–Crippen MR) is 80.3 cm³/mol. The second-order valence-electron chi connectivity index (χ2n) is 4.30. The minimum atomic E-state index is -0.851. The van der Waals surface area contributed by atoms with Gasteiger partial charge in [0.1, 0.15) is 5.82 Å². The monoisotopic (exact) mass is 357 g/mol. The molecule has 1 aromatic heterocycles. The maximum Gasteiger partial charge on any atom is 0.305 e. The molecule has 0 bridgehead atoms. The standard InChI is InChI=1S/C14H13BrFNO2S/c15-10-6-9(3-4-11(10)16)8-17-12(7-14(18)19)13-2-1-5-20-13/h1-6,12,17H,7-8H2,(H,18,19). The number of carboxylic acid groups (broad SMARTS) is 1. The fourth-order valence-electron chi connectivity index (χ4n) is 1.83. The molecule has 20 heavy (non-hydrogen) atoms. The Morgan fingerprint density at radius 3 is 2.85 bits per heavy atom. The molecule has 0 amide bonds. The molecular formula is C14H13BrFNO2S. The van der Waals surface area contributed by atoms with Gasteiger partial charge in [-0.15, -0.1) is 11.3 Å². The molecule has 1 unspecified atom stereocenters. The molecule has 2 aromatic rings. The van der Waals surface area contributed by atoms with E-state index < -0.39 is 5.97 Å². The Balaban J connectivity index is 2.04. The van der Waals surface area contributed by atoms with Crippen molar-refractivity contribution in [2.45, 2.75) is 19.0 Å². The number of thiophene rings is 1. The third-order valence-electron chi connectivity index (χ3n) is 2.80. The van der Waals surface area contributed by atoms with E-state index in [4.69, 9.17) is 5.11 Å². The van der Waals surface area contributed by atoms with Crippen molar-refractivity contribution in [3.8, 4) is 0 Å². The fourth-order valence-corrected chi connectivity index (χ4v) is 3.06. The topological polar surface area (TPSA) is 49.3 Å². The Morgan fingerprint density at radius 1 is 1.45 bits per heavy atom. The lowest BCUT2D eigenvalue weighted by Crippen LogP contribution is -2.22. The molecular weight excluding hydrogens is 345 g/mol. The van der Waals surface area contributed by atoms with E-state index in [2.05, 4.69) is 21.2 Å². The number of carboxylic acids is 1. The van der Waals surface area contributed by atoms with E-state index in [1.54, 1.807) is 12.1 Å². The molecule has 0 saturated heterocycles. The highest BCUT2D eigenvalue weighted by atomic mass is 79.9. The highest BCUT2D eigenvalue weighted by molar-refractivity contribution is 9.10. The minimum Gasteiger partial charge on any atom is -0.481 e. The van der Waals surface area contributed by atoms with Crippen molar-refractivity contribution < 1.29 is 14.3 Å². The molecule has 0 aliphatic heterocycles. The summed E-state index contributed by atoms with van der Waals surface area (Å²) in [6.45, 7) is 0.481. The molecule has 2 rings (SSSR count). The average Bonchev–Trinajstić information content (AvgIpc) is 2.92. The second kappa shape index (κ2) is 6.97. The van der Waals surface area contributed by atoms with Gasteiger partial charge in [-0.2, -0.15) is 0 Å². The van der Waals surface area contributed by atoms with Crippen LogP contribution in [-0.2, 0) is 11.3 Å². The highest BCUT2D eigenvalue weighted by Gasteiger charge is 2.16. The summed E-state index contributed by atoms with van der Waals surface area (Å²) in [6, 6.07) is 8.32. The van der Waals surface area contributed by atoms with Crippen LogP contribution in [0.4, 0.5) is 4.39 Å². The molecule has 3 nitrogen and oxygen atoms in total. The fraction of sp³-hybridized carbons (Fsp3) is 0.214. The molecule has 0 spiro atoms. The number of rotatable bonds is 6. The summed E-state index contributed by atoms with van der Waals surface area (Å²) in [5.41, 5.74) is 0.894. The smallest absolute Gasteiger partial charge is 0.305 e. The van der Waals surface area contributed by atoms with Gasteiger partial charge in [-0.3, -0.25) is 4.79 Å². The highest BCUT2D eigenvalue weighted by Crippen LogP contribution is 2.23. The van der Waals surface area contributed by atoms with Gasteiger partial charge in [-0.1, -0.05) is 12.1 Å². The lowest BCUT2D eigenvalue weighted by Gasteiger charge is -2.15. The van der Waals surface area contributed by atoms with Crippen molar-refractivity contribution in [2.75, 3.05) is 0 Å². The number of halogens is 2. The Hall–Kier alpha value is -1.24. The van der Waals surface area contributed by atoms with Gasteiger partial charge in [-0.05, 0) is 45.1 Å². The van der Waals surface area contributed by atoms with Crippen molar-refractivity contribution in [1.82, 2.24) is 5.32 Å². The van der Waals surface area contributed by atoms with Gasteiger partial charge in [0.2, 0.25) is 0 Å². The van der Waals surface area contributed by atoms with Gasteiger partial charge in [-0.25, -0.2) is 4.39 Å². The molecule has 6 heteroatoms. The molecule has 0 aliphatic rings. The van der Waals surface area contributed by atoms with E-state index in [9.17, 15) is 9.18 Å². The third-order valence-corrected chi connectivity index (χ3v) is 4.40. The Bertz CT molecular complexity index is 589. The van der Waals surface area contributed by atoms with Gasteiger partial charge in [0.05, 0.1) is 16.9 Å². The van der Waals surface area contributed by atoms with Crippen LogP contribution >= 0.6 is 27.3 Å². The zero-order valence-corrected chi connectivity index (χ0v) is 12.9. The molecule has 1 heterocycles. The largest absolute Gasteiger partial charge is 0.481 e. The summed E-state index contributed by atoms with van der Waals surface area (Å²) < 4.78 is 13.6. The number of benzene rings is 1. The van der Waals surface area contributed by atoms with E-state index in [0.717, 1.165) is 10.4 Å². The van der Waals surface area contributed by atoms with Crippen LogP contribution in [0, 0.1) is 5.82 Å². The summed E-state index contributed by atoms with van der Waals surface area (Å²) in [5.74, 6) is -1.16. The predicted octanol–water partition coefficient (Wildman–Crippen LogP) is 3.96. The van der Waals surface area contributed by atoms with Crippen LogP contribution in [0.25, 0.3) is 0 Å². The van der Waals surface area contributed by atoms with Gasteiger partial charge in [0, 0.05) is 11.4 Å². The molecule has 0 aliphatic carbocycles. The molecule has 0 saturated carbocycles. The minimum absolute atomic E-state index is 0.0167. The number of hydrogen-bond acceptors (Lipinski definition) is 3. The van der Waals surface area contributed by atoms with Crippen LogP contribution in [0.15, 0.2) is 40.2 Å². The van der Waals surface area contributed by atoms with Crippen molar-refractivity contribution in [2.24, 2.45) is 0 Å². The maximum absolute atomic E-state index is 13.1. The van der Waals surface area contributed by atoms with Gasteiger partial charge in [0.25, 0.3) is 0 Å². The Morgan fingerprint density at radius 2 is 2.25 bits per heavy atom. The quantitative estimate of drug-likeness (QED) is 0.822. The number of nitrogens with one attached hydrogen (secondary N) is 1. The number of aliphatic carboxylic acids is 1. The summed E-state index contributed by atoms with van der Waals surface area (Å²) >= 11 is 4.66. The van der Waals surface area contributed by atoms with E-state index in [-0.39, 0.29) is 18.3 Å². The van der Waals surface area contributed by atoms with E-state index in [1.165, 1.54) is 17.4 Å². The molecule has 0 fully saturated rings. The Kier molecular flexibility index (Phi) is 5.28. The number of carbonyl (C=O) groups is 1. The van der Waals surface area contributed by atoms with Crippen LogP contribution in [0.2, 0.25) is 0 Å². The molecule has 106 valence electrons. The maximum atomic E-state index is 13.1. The lowest BCUT2D eigenvalue weighted by atomic mass is 10.1. The normalized spacial score (nSPS) is 12.3. The Labute approximate surface area is 128 Å². The van der Waals surface area contributed by atoms with Crippen LogP contribution in [0.5, 0.6) is 0 Å². The first-order valence-electron chi connectivity index (χ1n) is 5.99. The third kappa shape index (κ3) is 4.13. The zero-order chi connectivity index (χ0) is 14.5. The first-order valence-corrected chi connectivity index (χ1v) is 7.66. The van der Waals surface area contributed by atoms with Crippen LogP contribution in [-0.4, -0.2) is 11.1 Å². The van der Waals surface area contributed by atoms with Gasteiger partial charge < -0.3 is 10.4 Å². The molecule has 0 radical (unpaired) electrons. The van der Waals surface area contributed by atoms with Crippen LogP contribution < -0.4 is 5.32 Å². The molecule has 2 N–H and O–H groups in total.